The van der Waals surface area contributed by atoms with Gasteiger partial charge >= 0.3 is 0 Å². The number of benzene rings is 1. The average molecular weight is 293 g/mol. The quantitative estimate of drug-likeness (QED) is 0.746. The van der Waals surface area contributed by atoms with Crippen molar-refractivity contribution in [2.45, 2.75) is 19.5 Å². The zero-order chi connectivity index (χ0) is 13.4. The molecule has 2 heterocycles. The van der Waals surface area contributed by atoms with Gasteiger partial charge in [-0.3, -0.25) is 4.68 Å². The molecule has 0 bridgehead atoms. The van der Waals surface area contributed by atoms with Crippen LogP contribution in [0.3, 0.4) is 0 Å². The van der Waals surface area contributed by atoms with E-state index < -0.39 is 0 Å². The van der Waals surface area contributed by atoms with Crippen molar-refractivity contribution >= 4 is 34.9 Å². The second-order valence-electron chi connectivity index (χ2n) is 4.54. The minimum absolute atomic E-state index is 0.210. The maximum Gasteiger partial charge on any atom is 0.178 e. The monoisotopic (exact) mass is 292 g/mol. The summed E-state index contributed by atoms with van der Waals surface area (Å²) in [5.41, 5.74) is 2.03. The number of fused-ring (bicyclic) bond motifs is 1. The van der Waals surface area contributed by atoms with Gasteiger partial charge in [0, 0.05) is 17.4 Å². The van der Waals surface area contributed by atoms with E-state index in [1.165, 1.54) is 0 Å². The standard InChI is InChI=1S/C13H13ClN4S/c1-9(8-17-6-2-5-15-17)18-12-4-3-10(14)7-11(12)16-13(18)19/h2-7,9H,8H2,1H3,(H,16,19). The van der Waals surface area contributed by atoms with E-state index in [4.69, 9.17) is 23.8 Å². The molecule has 0 radical (unpaired) electrons. The Kier molecular flexibility index (Phi) is 3.16. The Hall–Kier alpha value is -1.59. The molecule has 19 heavy (non-hydrogen) atoms. The van der Waals surface area contributed by atoms with E-state index in [2.05, 4.69) is 21.6 Å². The van der Waals surface area contributed by atoms with Crippen molar-refractivity contribution in [2.75, 3.05) is 0 Å². The average Bonchev–Trinajstić information content (AvgIpc) is 2.95. The molecule has 0 aliphatic heterocycles. The van der Waals surface area contributed by atoms with E-state index in [1.54, 1.807) is 6.20 Å². The van der Waals surface area contributed by atoms with Crippen LogP contribution in [0.1, 0.15) is 13.0 Å². The molecule has 0 aliphatic carbocycles. The first-order valence-electron chi connectivity index (χ1n) is 6.02. The SMILES string of the molecule is CC(Cn1cccn1)n1c(=S)[nH]c2cc(Cl)ccc21. The van der Waals surface area contributed by atoms with Gasteiger partial charge in [-0.2, -0.15) is 5.10 Å². The van der Waals surface area contributed by atoms with Gasteiger partial charge in [-0.05, 0) is 43.4 Å². The Bertz CT molecular complexity index is 757. The van der Waals surface area contributed by atoms with E-state index in [-0.39, 0.29) is 6.04 Å². The van der Waals surface area contributed by atoms with Gasteiger partial charge in [0.15, 0.2) is 4.77 Å². The Morgan fingerprint density at radius 3 is 3.05 bits per heavy atom. The van der Waals surface area contributed by atoms with E-state index in [0.29, 0.717) is 9.79 Å². The molecule has 2 aromatic heterocycles. The smallest absolute Gasteiger partial charge is 0.178 e. The molecule has 0 saturated carbocycles. The minimum atomic E-state index is 0.210. The van der Waals surface area contributed by atoms with E-state index >= 15 is 0 Å². The van der Waals surface area contributed by atoms with Crippen LogP contribution in [0.2, 0.25) is 5.02 Å². The molecular formula is C13H13ClN4S. The van der Waals surface area contributed by atoms with Crippen molar-refractivity contribution in [3.63, 3.8) is 0 Å². The first-order valence-corrected chi connectivity index (χ1v) is 6.81. The third-order valence-corrected chi connectivity index (χ3v) is 3.66. The number of hydrogen-bond donors (Lipinski definition) is 1. The number of nitrogens with zero attached hydrogens (tertiary/aromatic N) is 3. The summed E-state index contributed by atoms with van der Waals surface area (Å²) in [6.07, 6.45) is 3.73. The molecule has 1 N–H and O–H groups in total. The van der Waals surface area contributed by atoms with Gasteiger partial charge < -0.3 is 9.55 Å². The highest BCUT2D eigenvalue weighted by atomic mass is 35.5. The van der Waals surface area contributed by atoms with Crippen molar-refractivity contribution in [3.8, 4) is 0 Å². The fourth-order valence-electron chi connectivity index (χ4n) is 2.30. The fraction of sp³-hybridized carbons (Fsp3) is 0.231. The summed E-state index contributed by atoms with van der Waals surface area (Å²) in [5, 5.41) is 4.93. The van der Waals surface area contributed by atoms with Gasteiger partial charge in [0.2, 0.25) is 0 Å². The summed E-state index contributed by atoms with van der Waals surface area (Å²) in [6.45, 7) is 2.90. The van der Waals surface area contributed by atoms with Gasteiger partial charge in [0.05, 0.1) is 23.6 Å². The van der Waals surface area contributed by atoms with Crippen LogP contribution >= 0.6 is 23.8 Å². The maximum absolute atomic E-state index is 6.00. The van der Waals surface area contributed by atoms with Crippen LogP contribution in [-0.4, -0.2) is 19.3 Å². The van der Waals surface area contributed by atoms with Gasteiger partial charge in [-0.25, -0.2) is 0 Å². The van der Waals surface area contributed by atoms with E-state index in [1.807, 2.05) is 35.1 Å². The van der Waals surface area contributed by atoms with Crippen molar-refractivity contribution in [1.82, 2.24) is 19.3 Å². The summed E-state index contributed by atoms with van der Waals surface area (Å²) >= 11 is 11.4. The highest BCUT2D eigenvalue weighted by Gasteiger charge is 2.12. The number of aromatic nitrogens is 4. The third kappa shape index (κ3) is 2.31. The van der Waals surface area contributed by atoms with Crippen molar-refractivity contribution < 1.29 is 0 Å². The molecule has 0 saturated heterocycles. The second kappa shape index (κ2) is 4.83. The summed E-state index contributed by atoms with van der Waals surface area (Å²) in [4.78, 5) is 3.19. The summed E-state index contributed by atoms with van der Waals surface area (Å²) in [6, 6.07) is 7.89. The minimum Gasteiger partial charge on any atom is -0.331 e. The zero-order valence-electron chi connectivity index (χ0n) is 10.4. The molecule has 1 atom stereocenters. The Morgan fingerprint density at radius 2 is 2.32 bits per heavy atom. The van der Waals surface area contributed by atoms with Crippen LogP contribution in [0.4, 0.5) is 0 Å². The van der Waals surface area contributed by atoms with Gasteiger partial charge in [0.25, 0.3) is 0 Å². The number of nitrogens with one attached hydrogen (secondary N) is 1. The van der Waals surface area contributed by atoms with E-state index in [9.17, 15) is 0 Å². The summed E-state index contributed by atoms with van der Waals surface area (Å²) in [7, 11) is 0. The zero-order valence-corrected chi connectivity index (χ0v) is 11.9. The van der Waals surface area contributed by atoms with Gasteiger partial charge in [-0.1, -0.05) is 11.6 Å². The number of H-pyrrole nitrogens is 1. The molecule has 6 heteroatoms. The predicted molar refractivity (Wildman–Crippen MR) is 79.1 cm³/mol. The Morgan fingerprint density at radius 1 is 1.47 bits per heavy atom. The van der Waals surface area contributed by atoms with Crippen LogP contribution in [0.15, 0.2) is 36.7 Å². The fourth-order valence-corrected chi connectivity index (χ4v) is 2.86. The van der Waals surface area contributed by atoms with Crippen LogP contribution < -0.4 is 0 Å². The maximum atomic E-state index is 6.00. The number of rotatable bonds is 3. The second-order valence-corrected chi connectivity index (χ2v) is 5.36. The lowest BCUT2D eigenvalue weighted by Crippen LogP contribution is -2.13. The lowest BCUT2D eigenvalue weighted by atomic mass is 10.2. The molecule has 98 valence electrons. The number of aromatic amines is 1. The first kappa shape index (κ1) is 12.4. The molecule has 0 fully saturated rings. The molecule has 0 amide bonds. The van der Waals surface area contributed by atoms with Crippen molar-refractivity contribution in [1.29, 1.82) is 0 Å². The lowest BCUT2D eigenvalue weighted by molar-refractivity contribution is 0.442. The Balaban J connectivity index is 2.04. The van der Waals surface area contributed by atoms with Crippen LogP contribution in [0.25, 0.3) is 11.0 Å². The summed E-state index contributed by atoms with van der Waals surface area (Å²) < 4.78 is 4.71. The summed E-state index contributed by atoms with van der Waals surface area (Å²) in [5.74, 6) is 0. The van der Waals surface area contributed by atoms with E-state index in [0.717, 1.165) is 17.6 Å². The Labute approximate surface area is 120 Å². The van der Waals surface area contributed by atoms with Crippen LogP contribution in [0, 0.1) is 4.77 Å². The number of imidazole rings is 1. The topological polar surface area (TPSA) is 38.5 Å². The van der Waals surface area contributed by atoms with Gasteiger partial charge in [-0.15, -0.1) is 0 Å². The molecule has 1 unspecified atom stereocenters. The number of halogens is 1. The first-order chi connectivity index (χ1) is 9.15. The van der Waals surface area contributed by atoms with Gasteiger partial charge in [0.1, 0.15) is 0 Å². The predicted octanol–water partition coefficient (Wildman–Crippen LogP) is 3.81. The van der Waals surface area contributed by atoms with Crippen LogP contribution in [-0.2, 0) is 6.54 Å². The normalized spacial score (nSPS) is 12.9. The molecule has 1 aromatic carbocycles. The molecule has 3 aromatic rings. The largest absolute Gasteiger partial charge is 0.331 e. The highest BCUT2D eigenvalue weighted by Crippen LogP contribution is 2.23. The van der Waals surface area contributed by atoms with Crippen LogP contribution in [0.5, 0.6) is 0 Å². The molecule has 0 spiro atoms. The number of hydrogen-bond acceptors (Lipinski definition) is 2. The molecular weight excluding hydrogens is 280 g/mol. The van der Waals surface area contributed by atoms with Crippen molar-refractivity contribution in [3.05, 3.63) is 46.5 Å². The highest BCUT2D eigenvalue weighted by molar-refractivity contribution is 7.71. The molecule has 4 nitrogen and oxygen atoms in total. The van der Waals surface area contributed by atoms with Crippen molar-refractivity contribution in [2.24, 2.45) is 0 Å². The molecule has 3 rings (SSSR count). The molecule has 0 aliphatic rings. The third-order valence-electron chi connectivity index (χ3n) is 3.13. The lowest BCUT2D eigenvalue weighted by Gasteiger charge is -2.14.